The number of anilines is 1. The minimum atomic E-state index is -0.0378. The number of benzene rings is 2. The van der Waals surface area contributed by atoms with Crippen LogP contribution in [0.5, 0.6) is 0 Å². The van der Waals surface area contributed by atoms with E-state index < -0.39 is 0 Å². The molecule has 4 rings (SSSR count). The number of nitrogens with one attached hydrogen (secondary N) is 2. The Labute approximate surface area is 159 Å². The highest BCUT2D eigenvalue weighted by Crippen LogP contribution is 2.17. The van der Waals surface area contributed by atoms with Gasteiger partial charge in [0.2, 0.25) is 5.95 Å². The fourth-order valence-electron chi connectivity index (χ4n) is 3.43. The van der Waals surface area contributed by atoms with Crippen LogP contribution in [0.15, 0.2) is 59.4 Å². The van der Waals surface area contributed by atoms with Crippen molar-refractivity contribution < 1.29 is 0 Å². The first kappa shape index (κ1) is 17.5. The molecule has 0 atom stereocenters. The molecular weight excluding hydrogens is 336 g/mol. The monoisotopic (exact) mass is 360 g/mol. The lowest BCUT2D eigenvalue weighted by molar-refractivity contribution is 0.242. The van der Waals surface area contributed by atoms with Crippen LogP contribution < -0.4 is 10.9 Å². The molecule has 0 amide bonds. The van der Waals surface area contributed by atoms with Crippen molar-refractivity contribution in [1.29, 1.82) is 0 Å². The lowest BCUT2D eigenvalue weighted by Gasteiger charge is -2.27. The fourth-order valence-corrected chi connectivity index (χ4v) is 3.43. The number of nitrogens with zero attached hydrogens (tertiary/aromatic N) is 2. The van der Waals surface area contributed by atoms with Gasteiger partial charge in [-0.25, -0.2) is 4.98 Å². The van der Waals surface area contributed by atoms with E-state index in [2.05, 4.69) is 51.4 Å². The SMILES string of the molecule is Cc1ccc(CN2CCc3nc(NCc4ccccc4)[nH]c(=O)c3C2)cc1. The van der Waals surface area contributed by atoms with Crippen LogP contribution in [0.25, 0.3) is 0 Å². The van der Waals surface area contributed by atoms with E-state index in [1.54, 1.807) is 0 Å². The first-order valence-electron chi connectivity index (χ1n) is 9.35. The number of H-pyrrole nitrogens is 1. The van der Waals surface area contributed by atoms with E-state index in [9.17, 15) is 4.79 Å². The summed E-state index contributed by atoms with van der Waals surface area (Å²) in [5, 5.41) is 3.23. The van der Waals surface area contributed by atoms with Crippen molar-refractivity contribution in [2.24, 2.45) is 0 Å². The average molecular weight is 360 g/mol. The number of aryl methyl sites for hydroxylation is 1. The van der Waals surface area contributed by atoms with E-state index in [4.69, 9.17) is 0 Å². The molecular formula is C22H24N4O. The molecule has 0 unspecified atom stereocenters. The maximum atomic E-state index is 12.6. The third-order valence-corrected chi connectivity index (χ3v) is 4.98. The fraction of sp³-hybridized carbons (Fsp3) is 0.273. The first-order valence-corrected chi connectivity index (χ1v) is 9.35. The zero-order chi connectivity index (χ0) is 18.6. The molecule has 1 aromatic heterocycles. The first-order chi connectivity index (χ1) is 13.2. The quantitative estimate of drug-likeness (QED) is 0.733. The third kappa shape index (κ3) is 4.26. The van der Waals surface area contributed by atoms with Crippen LogP contribution in [0.1, 0.15) is 27.9 Å². The number of aromatic nitrogens is 2. The van der Waals surface area contributed by atoms with Gasteiger partial charge in [-0.3, -0.25) is 14.7 Å². The van der Waals surface area contributed by atoms with E-state index >= 15 is 0 Å². The van der Waals surface area contributed by atoms with E-state index in [1.165, 1.54) is 11.1 Å². The molecule has 0 saturated carbocycles. The average Bonchev–Trinajstić information content (AvgIpc) is 2.69. The molecule has 0 aliphatic carbocycles. The third-order valence-electron chi connectivity index (χ3n) is 4.98. The molecule has 0 radical (unpaired) electrons. The van der Waals surface area contributed by atoms with Crippen LogP contribution in [0.3, 0.4) is 0 Å². The molecule has 5 heteroatoms. The largest absolute Gasteiger partial charge is 0.352 e. The maximum Gasteiger partial charge on any atom is 0.257 e. The summed E-state index contributed by atoms with van der Waals surface area (Å²) in [6.07, 6.45) is 0.797. The summed E-state index contributed by atoms with van der Waals surface area (Å²) in [5.74, 6) is 0.551. The molecule has 2 N–H and O–H groups in total. The molecule has 2 aromatic carbocycles. The van der Waals surface area contributed by atoms with Gasteiger partial charge in [0, 0.05) is 32.6 Å². The Hall–Kier alpha value is -2.92. The highest BCUT2D eigenvalue weighted by Gasteiger charge is 2.21. The van der Waals surface area contributed by atoms with Crippen molar-refractivity contribution in [3.8, 4) is 0 Å². The standard InChI is InChI=1S/C22H24N4O/c1-16-7-9-18(10-8-16)14-26-12-11-20-19(15-26)21(27)25-22(24-20)23-13-17-5-3-2-4-6-17/h2-10H,11-15H2,1H3,(H2,23,24,25,27). The second-order valence-electron chi connectivity index (χ2n) is 7.13. The van der Waals surface area contributed by atoms with Gasteiger partial charge in [-0.05, 0) is 18.1 Å². The van der Waals surface area contributed by atoms with Crippen molar-refractivity contribution in [3.63, 3.8) is 0 Å². The molecule has 5 nitrogen and oxygen atoms in total. The lowest BCUT2D eigenvalue weighted by Crippen LogP contribution is -2.35. The molecule has 27 heavy (non-hydrogen) atoms. The highest BCUT2D eigenvalue weighted by molar-refractivity contribution is 5.33. The highest BCUT2D eigenvalue weighted by atomic mass is 16.1. The maximum absolute atomic E-state index is 12.6. The van der Waals surface area contributed by atoms with Gasteiger partial charge in [0.05, 0.1) is 11.3 Å². The summed E-state index contributed by atoms with van der Waals surface area (Å²) in [7, 11) is 0. The summed E-state index contributed by atoms with van der Waals surface area (Å²) < 4.78 is 0. The van der Waals surface area contributed by atoms with Crippen molar-refractivity contribution in [1.82, 2.24) is 14.9 Å². The molecule has 3 aromatic rings. The minimum absolute atomic E-state index is 0.0378. The smallest absolute Gasteiger partial charge is 0.257 e. The molecule has 0 fully saturated rings. The van der Waals surface area contributed by atoms with Crippen molar-refractivity contribution >= 4 is 5.95 Å². The summed E-state index contributed by atoms with van der Waals surface area (Å²) >= 11 is 0. The van der Waals surface area contributed by atoms with Gasteiger partial charge in [0.25, 0.3) is 5.56 Å². The van der Waals surface area contributed by atoms with Crippen LogP contribution >= 0.6 is 0 Å². The van der Waals surface area contributed by atoms with Crippen molar-refractivity contribution in [2.45, 2.75) is 33.0 Å². The zero-order valence-corrected chi connectivity index (χ0v) is 15.5. The molecule has 1 aliphatic heterocycles. The van der Waals surface area contributed by atoms with E-state index in [0.717, 1.165) is 36.3 Å². The second kappa shape index (κ2) is 7.76. The van der Waals surface area contributed by atoms with Crippen LogP contribution in [0.4, 0.5) is 5.95 Å². The van der Waals surface area contributed by atoms with Crippen LogP contribution in [-0.2, 0) is 26.1 Å². The predicted octanol–water partition coefficient (Wildman–Crippen LogP) is 3.25. The number of hydrogen-bond donors (Lipinski definition) is 2. The summed E-state index contributed by atoms with van der Waals surface area (Å²) in [6.45, 7) is 5.14. The summed E-state index contributed by atoms with van der Waals surface area (Å²) in [6, 6.07) is 18.7. The number of fused-ring (bicyclic) bond motifs is 1. The van der Waals surface area contributed by atoms with Crippen LogP contribution in [0.2, 0.25) is 0 Å². The Morgan fingerprint density at radius 1 is 1.07 bits per heavy atom. The van der Waals surface area contributed by atoms with Gasteiger partial charge in [-0.2, -0.15) is 0 Å². The Morgan fingerprint density at radius 2 is 1.85 bits per heavy atom. The molecule has 1 aliphatic rings. The number of hydrogen-bond acceptors (Lipinski definition) is 4. The summed E-state index contributed by atoms with van der Waals surface area (Å²) in [4.78, 5) is 22.4. The van der Waals surface area contributed by atoms with Gasteiger partial charge in [-0.1, -0.05) is 60.2 Å². The number of rotatable bonds is 5. The Kier molecular flexibility index (Phi) is 5.03. The van der Waals surface area contributed by atoms with Gasteiger partial charge < -0.3 is 5.32 Å². The minimum Gasteiger partial charge on any atom is -0.352 e. The topological polar surface area (TPSA) is 61.0 Å². The Bertz CT molecular complexity index is 964. The molecule has 0 saturated heterocycles. The molecule has 0 bridgehead atoms. The Balaban J connectivity index is 1.44. The van der Waals surface area contributed by atoms with Gasteiger partial charge in [-0.15, -0.1) is 0 Å². The second-order valence-corrected chi connectivity index (χ2v) is 7.13. The van der Waals surface area contributed by atoms with E-state index in [-0.39, 0.29) is 5.56 Å². The van der Waals surface area contributed by atoms with Gasteiger partial charge in [0.1, 0.15) is 0 Å². The normalized spacial score (nSPS) is 14.0. The molecule has 0 spiro atoms. The molecule has 2 heterocycles. The van der Waals surface area contributed by atoms with E-state index in [0.29, 0.717) is 19.0 Å². The van der Waals surface area contributed by atoms with Crippen molar-refractivity contribution in [3.05, 3.63) is 92.9 Å². The van der Waals surface area contributed by atoms with Gasteiger partial charge in [0.15, 0.2) is 0 Å². The number of aromatic amines is 1. The predicted molar refractivity (Wildman–Crippen MR) is 108 cm³/mol. The van der Waals surface area contributed by atoms with Crippen molar-refractivity contribution in [2.75, 3.05) is 11.9 Å². The Morgan fingerprint density at radius 3 is 2.63 bits per heavy atom. The van der Waals surface area contributed by atoms with Crippen LogP contribution in [0, 0.1) is 6.92 Å². The van der Waals surface area contributed by atoms with Gasteiger partial charge >= 0.3 is 0 Å². The molecule has 138 valence electrons. The zero-order valence-electron chi connectivity index (χ0n) is 15.5. The lowest BCUT2D eigenvalue weighted by atomic mass is 10.1. The summed E-state index contributed by atoms with van der Waals surface area (Å²) in [5.41, 5.74) is 5.35. The van der Waals surface area contributed by atoms with Crippen LogP contribution in [-0.4, -0.2) is 21.4 Å². The van der Waals surface area contributed by atoms with E-state index in [1.807, 2.05) is 30.3 Å².